The third-order valence-electron chi connectivity index (χ3n) is 1.56. The number of halogens is 1. The van der Waals surface area contributed by atoms with Crippen LogP contribution in [0.5, 0.6) is 0 Å². The number of nitrogens with one attached hydrogen (secondary N) is 1. The predicted molar refractivity (Wildman–Crippen MR) is 40.5 cm³/mol. The first-order chi connectivity index (χ1) is 5.27. The Hall–Kier alpha value is -1.58. The lowest BCUT2D eigenvalue weighted by Gasteiger charge is -1.94. The number of aromatic amines is 1. The van der Waals surface area contributed by atoms with Crippen LogP contribution in [0.2, 0.25) is 0 Å². The molecule has 11 heavy (non-hydrogen) atoms. The number of H-pyrrole nitrogens is 1. The van der Waals surface area contributed by atoms with Crippen LogP contribution in [0.4, 0.5) is 10.1 Å². The highest BCUT2D eigenvalue weighted by molar-refractivity contribution is 5.81. The SMILES string of the molecule is Nc1cc2[nH]ncc2cc1F. The highest BCUT2D eigenvalue weighted by Gasteiger charge is 2.01. The zero-order valence-electron chi connectivity index (χ0n) is 5.63. The molecule has 1 aromatic carbocycles. The fraction of sp³-hybridized carbons (Fsp3) is 0. The number of nitrogens with zero attached hydrogens (tertiary/aromatic N) is 1. The van der Waals surface area contributed by atoms with E-state index < -0.39 is 5.82 Å². The average Bonchev–Trinajstić information content (AvgIpc) is 2.36. The molecule has 0 aliphatic heterocycles. The molecule has 3 N–H and O–H groups in total. The highest BCUT2D eigenvalue weighted by Crippen LogP contribution is 2.17. The van der Waals surface area contributed by atoms with Crippen molar-refractivity contribution in [2.45, 2.75) is 0 Å². The van der Waals surface area contributed by atoms with Gasteiger partial charge < -0.3 is 5.73 Å². The molecule has 4 heteroatoms. The third-order valence-corrected chi connectivity index (χ3v) is 1.56. The van der Waals surface area contributed by atoms with Crippen molar-refractivity contribution in [1.82, 2.24) is 10.2 Å². The van der Waals surface area contributed by atoms with Gasteiger partial charge in [-0.25, -0.2) is 4.39 Å². The smallest absolute Gasteiger partial charge is 0.146 e. The molecule has 2 rings (SSSR count). The van der Waals surface area contributed by atoms with Crippen LogP contribution in [0.1, 0.15) is 0 Å². The minimum Gasteiger partial charge on any atom is -0.396 e. The van der Waals surface area contributed by atoms with E-state index in [2.05, 4.69) is 10.2 Å². The van der Waals surface area contributed by atoms with Crippen molar-refractivity contribution in [2.75, 3.05) is 5.73 Å². The van der Waals surface area contributed by atoms with Gasteiger partial charge in [0.15, 0.2) is 0 Å². The second kappa shape index (κ2) is 1.95. The molecule has 56 valence electrons. The van der Waals surface area contributed by atoms with Gasteiger partial charge in [0.05, 0.1) is 17.4 Å². The Bertz CT molecular complexity index is 357. The van der Waals surface area contributed by atoms with E-state index in [1.54, 1.807) is 6.20 Å². The minimum absolute atomic E-state index is 0.141. The minimum atomic E-state index is -0.404. The summed E-state index contributed by atoms with van der Waals surface area (Å²) in [6, 6.07) is 2.88. The van der Waals surface area contributed by atoms with Crippen molar-refractivity contribution >= 4 is 16.6 Å². The number of hydrogen-bond donors (Lipinski definition) is 2. The van der Waals surface area contributed by atoms with Gasteiger partial charge in [-0.05, 0) is 12.1 Å². The Morgan fingerprint density at radius 1 is 1.45 bits per heavy atom. The van der Waals surface area contributed by atoms with Gasteiger partial charge in [-0.3, -0.25) is 5.10 Å². The normalized spacial score (nSPS) is 10.6. The maximum Gasteiger partial charge on any atom is 0.146 e. The Kier molecular flexibility index (Phi) is 1.09. The Labute approximate surface area is 62.0 Å². The summed E-state index contributed by atoms with van der Waals surface area (Å²) in [5.41, 5.74) is 6.22. The van der Waals surface area contributed by atoms with Gasteiger partial charge in [0.2, 0.25) is 0 Å². The number of nitrogen functional groups attached to an aromatic ring is 1. The van der Waals surface area contributed by atoms with Crippen LogP contribution in [-0.4, -0.2) is 10.2 Å². The molecule has 1 aromatic heterocycles. The largest absolute Gasteiger partial charge is 0.396 e. The maximum atomic E-state index is 12.8. The van der Waals surface area contributed by atoms with E-state index >= 15 is 0 Å². The van der Waals surface area contributed by atoms with Crippen molar-refractivity contribution in [3.8, 4) is 0 Å². The first-order valence-corrected chi connectivity index (χ1v) is 3.15. The highest BCUT2D eigenvalue weighted by atomic mass is 19.1. The van der Waals surface area contributed by atoms with E-state index in [1.165, 1.54) is 12.1 Å². The Balaban J connectivity index is 2.86. The number of benzene rings is 1. The Morgan fingerprint density at radius 3 is 3.09 bits per heavy atom. The van der Waals surface area contributed by atoms with Gasteiger partial charge in [0.25, 0.3) is 0 Å². The van der Waals surface area contributed by atoms with Gasteiger partial charge in [-0.2, -0.15) is 5.10 Å². The van der Waals surface area contributed by atoms with Crippen LogP contribution in [0.15, 0.2) is 18.3 Å². The summed E-state index contributed by atoms with van der Waals surface area (Å²) in [6.07, 6.45) is 1.55. The molecular weight excluding hydrogens is 145 g/mol. The molecule has 0 aliphatic rings. The molecular formula is C7H6FN3. The number of anilines is 1. The first kappa shape index (κ1) is 6.15. The van der Waals surface area contributed by atoms with Crippen molar-refractivity contribution in [3.05, 3.63) is 24.1 Å². The zero-order valence-corrected chi connectivity index (χ0v) is 5.63. The molecule has 0 amide bonds. The number of fused-ring (bicyclic) bond motifs is 1. The summed E-state index contributed by atoms with van der Waals surface area (Å²) >= 11 is 0. The van der Waals surface area contributed by atoms with Gasteiger partial charge in [-0.15, -0.1) is 0 Å². The zero-order chi connectivity index (χ0) is 7.84. The fourth-order valence-corrected chi connectivity index (χ4v) is 0.980. The Morgan fingerprint density at radius 2 is 2.27 bits per heavy atom. The molecule has 1 heterocycles. The molecule has 0 atom stereocenters. The van der Waals surface area contributed by atoms with E-state index in [9.17, 15) is 4.39 Å². The third kappa shape index (κ3) is 0.832. The van der Waals surface area contributed by atoms with E-state index in [1.807, 2.05) is 0 Å². The van der Waals surface area contributed by atoms with Crippen LogP contribution < -0.4 is 5.73 Å². The molecule has 3 nitrogen and oxygen atoms in total. The summed E-state index contributed by atoms with van der Waals surface area (Å²) < 4.78 is 12.8. The molecule has 0 saturated carbocycles. The van der Waals surface area contributed by atoms with E-state index in [0.717, 1.165) is 10.9 Å². The summed E-state index contributed by atoms with van der Waals surface area (Å²) in [5, 5.41) is 7.16. The van der Waals surface area contributed by atoms with Crippen LogP contribution >= 0.6 is 0 Å². The number of aromatic nitrogens is 2. The molecule has 0 aliphatic carbocycles. The summed E-state index contributed by atoms with van der Waals surface area (Å²) in [4.78, 5) is 0. The molecule has 0 fully saturated rings. The van der Waals surface area contributed by atoms with Crippen LogP contribution in [-0.2, 0) is 0 Å². The second-order valence-corrected chi connectivity index (χ2v) is 2.33. The molecule has 0 spiro atoms. The maximum absolute atomic E-state index is 12.8. The van der Waals surface area contributed by atoms with Crippen molar-refractivity contribution in [1.29, 1.82) is 0 Å². The van der Waals surface area contributed by atoms with E-state index in [4.69, 9.17) is 5.73 Å². The quantitative estimate of drug-likeness (QED) is 0.557. The first-order valence-electron chi connectivity index (χ1n) is 3.15. The van der Waals surface area contributed by atoms with Crippen molar-refractivity contribution < 1.29 is 4.39 Å². The van der Waals surface area contributed by atoms with Crippen LogP contribution in [0, 0.1) is 5.82 Å². The monoisotopic (exact) mass is 151 g/mol. The van der Waals surface area contributed by atoms with E-state index in [0.29, 0.717) is 0 Å². The number of rotatable bonds is 0. The summed E-state index contributed by atoms with van der Waals surface area (Å²) in [6.45, 7) is 0. The lowest BCUT2D eigenvalue weighted by molar-refractivity contribution is 0.634. The van der Waals surface area contributed by atoms with Crippen LogP contribution in [0.3, 0.4) is 0 Å². The van der Waals surface area contributed by atoms with Gasteiger partial charge in [0.1, 0.15) is 5.82 Å². The predicted octanol–water partition coefficient (Wildman–Crippen LogP) is 1.28. The van der Waals surface area contributed by atoms with Crippen molar-refractivity contribution in [2.24, 2.45) is 0 Å². The number of hydrogen-bond acceptors (Lipinski definition) is 2. The average molecular weight is 151 g/mol. The van der Waals surface area contributed by atoms with Crippen LogP contribution in [0.25, 0.3) is 10.9 Å². The molecule has 0 unspecified atom stereocenters. The molecule has 0 saturated heterocycles. The second-order valence-electron chi connectivity index (χ2n) is 2.33. The van der Waals surface area contributed by atoms with Crippen molar-refractivity contribution in [3.63, 3.8) is 0 Å². The summed E-state index contributed by atoms with van der Waals surface area (Å²) in [7, 11) is 0. The van der Waals surface area contributed by atoms with E-state index in [-0.39, 0.29) is 5.69 Å². The van der Waals surface area contributed by atoms with Gasteiger partial charge in [-0.1, -0.05) is 0 Å². The van der Waals surface area contributed by atoms with Gasteiger partial charge in [0, 0.05) is 5.39 Å². The molecule has 0 bridgehead atoms. The topological polar surface area (TPSA) is 54.7 Å². The van der Waals surface area contributed by atoms with Gasteiger partial charge >= 0.3 is 0 Å². The lowest BCUT2D eigenvalue weighted by atomic mass is 10.2. The number of nitrogens with two attached hydrogens (primary N) is 1. The fourth-order valence-electron chi connectivity index (χ4n) is 0.980. The molecule has 0 radical (unpaired) electrons. The standard InChI is InChI=1S/C7H6FN3/c8-5-1-4-3-10-11-7(4)2-6(5)9/h1-3H,9H2,(H,10,11). The summed E-state index contributed by atoms with van der Waals surface area (Å²) in [5.74, 6) is -0.404. The lowest BCUT2D eigenvalue weighted by Crippen LogP contribution is -1.88. The molecule has 2 aromatic rings.